The Labute approximate surface area is 224 Å². The van der Waals surface area contributed by atoms with Gasteiger partial charge in [0.1, 0.15) is 20.6 Å². The number of thiazole rings is 1. The second-order valence-corrected chi connectivity index (χ2v) is 11.9. The van der Waals surface area contributed by atoms with Crippen LogP contribution in [0.4, 0.5) is 5.13 Å². The number of hydrogen-bond donors (Lipinski definition) is 3. The first-order valence-corrected chi connectivity index (χ1v) is 14.2. The van der Waals surface area contributed by atoms with Crippen molar-refractivity contribution < 1.29 is 19.5 Å². The van der Waals surface area contributed by atoms with E-state index in [0.29, 0.717) is 14.9 Å². The zero-order valence-electron chi connectivity index (χ0n) is 16.8. The van der Waals surface area contributed by atoms with Gasteiger partial charge in [0.25, 0.3) is 11.8 Å². The molecular formula is C17H12Cl2N6O4S5. The fourth-order valence-corrected chi connectivity index (χ4v) is 7.50. The molecule has 0 aromatic carbocycles. The van der Waals surface area contributed by atoms with E-state index < -0.39 is 28.7 Å². The van der Waals surface area contributed by atoms with E-state index in [-0.39, 0.29) is 32.3 Å². The zero-order valence-corrected chi connectivity index (χ0v) is 22.4. The Morgan fingerprint density at radius 1 is 1.44 bits per heavy atom. The van der Waals surface area contributed by atoms with E-state index in [4.69, 9.17) is 41.2 Å². The number of halogens is 2. The highest BCUT2D eigenvalue weighted by molar-refractivity contribution is 8.01. The van der Waals surface area contributed by atoms with Crippen LogP contribution in [0, 0.1) is 0 Å². The largest absolute Gasteiger partial charge is 0.477 e. The molecule has 17 heteroatoms. The summed E-state index contributed by atoms with van der Waals surface area (Å²) in [6, 6.07) is 0. The third-order valence-electron chi connectivity index (χ3n) is 4.85. The van der Waals surface area contributed by atoms with Crippen LogP contribution in [0.25, 0.3) is 11.1 Å². The number of nitrogens with two attached hydrogens (primary N) is 1. The van der Waals surface area contributed by atoms with Crippen LogP contribution in [0.15, 0.2) is 19.9 Å². The lowest BCUT2D eigenvalue weighted by atomic mass is 9.87. The van der Waals surface area contributed by atoms with Crippen molar-refractivity contribution in [3.63, 3.8) is 0 Å². The number of amides is 2. The lowest BCUT2D eigenvalue weighted by Crippen LogP contribution is -2.80. The lowest BCUT2D eigenvalue weighted by Gasteiger charge is -2.55. The fraction of sp³-hybridized carbons (Fsp3) is 0.235. The molecule has 0 bridgehead atoms. The predicted molar refractivity (Wildman–Crippen MR) is 139 cm³/mol. The number of carboxylic acids is 1. The van der Waals surface area contributed by atoms with Crippen molar-refractivity contribution in [2.75, 3.05) is 17.7 Å². The summed E-state index contributed by atoms with van der Waals surface area (Å²) in [5.41, 5.74) is 4.07. The summed E-state index contributed by atoms with van der Waals surface area (Å²) in [5, 5.41) is 23.0. The second kappa shape index (κ2) is 9.72. The van der Waals surface area contributed by atoms with Crippen LogP contribution in [0.1, 0.15) is 10.7 Å². The van der Waals surface area contributed by atoms with Crippen LogP contribution >= 0.6 is 81.6 Å². The Bertz CT molecular complexity index is 1290. The van der Waals surface area contributed by atoms with Gasteiger partial charge in [0, 0.05) is 22.1 Å². The predicted octanol–water partition coefficient (Wildman–Crippen LogP) is 2.71. The van der Waals surface area contributed by atoms with E-state index in [1.54, 1.807) is 0 Å². The molecule has 0 radical (unpaired) electrons. The minimum atomic E-state index is -1.66. The molecule has 0 saturated carbocycles. The molecule has 4 heterocycles. The Balaban J connectivity index is 1.68. The number of rotatable bonds is 7. The van der Waals surface area contributed by atoms with Gasteiger partial charge in [-0.25, -0.2) is 9.78 Å². The van der Waals surface area contributed by atoms with E-state index in [0.717, 1.165) is 21.6 Å². The quantitative estimate of drug-likeness (QED) is 0.188. The maximum absolute atomic E-state index is 13.3. The number of thioether (sulfide) groups is 2. The average molecular weight is 596 g/mol. The molecule has 2 aliphatic rings. The number of carbonyl (C=O) groups excluding carboxylic acids is 2. The van der Waals surface area contributed by atoms with Crippen molar-refractivity contribution in [2.24, 2.45) is 0 Å². The molecule has 2 amide bonds. The molecule has 2 atom stereocenters. The van der Waals surface area contributed by atoms with Crippen LogP contribution in [-0.2, 0) is 14.4 Å². The summed E-state index contributed by atoms with van der Waals surface area (Å²) in [6.07, 6.45) is 1.83. The van der Waals surface area contributed by atoms with E-state index in [9.17, 15) is 19.5 Å². The van der Waals surface area contributed by atoms with Gasteiger partial charge in [-0.2, -0.15) is 0 Å². The first-order valence-electron chi connectivity index (χ1n) is 8.99. The van der Waals surface area contributed by atoms with Gasteiger partial charge in [-0.3, -0.25) is 14.5 Å². The number of anilines is 1. The van der Waals surface area contributed by atoms with Gasteiger partial charge in [-0.05, 0) is 6.26 Å². The molecule has 1 unspecified atom stereocenters. The number of aromatic nitrogens is 3. The maximum Gasteiger partial charge on any atom is 0.353 e. The van der Waals surface area contributed by atoms with Gasteiger partial charge >= 0.3 is 5.97 Å². The van der Waals surface area contributed by atoms with Crippen LogP contribution in [0.2, 0.25) is 0 Å². The van der Waals surface area contributed by atoms with Gasteiger partial charge in [0.05, 0.1) is 11.3 Å². The molecule has 4 rings (SSSR count). The summed E-state index contributed by atoms with van der Waals surface area (Å²) in [4.78, 5) is 43.7. The Morgan fingerprint density at radius 3 is 2.71 bits per heavy atom. The van der Waals surface area contributed by atoms with Crippen LogP contribution in [-0.4, -0.2) is 71.3 Å². The molecule has 2 aliphatic heterocycles. The molecule has 2 aromatic heterocycles. The normalized spacial score (nSPS) is 21.6. The Hall–Kier alpha value is -1.75. The van der Waals surface area contributed by atoms with Crippen molar-refractivity contribution in [1.82, 2.24) is 25.4 Å². The Morgan fingerprint density at radius 2 is 2.18 bits per heavy atom. The molecule has 0 aliphatic carbocycles. The topological polar surface area (TPSA) is 151 Å². The summed E-state index contributed by atoms with van der Waals surface area (Å²) in [7, 11) is 0. The highest BCUT2D eigenvalue weighted by atomic mass is 35.5. The van der Waals surface area contributed by atoms with Crippen molar-refractivity contribution in [1.29, 1.82) is 0 Å². The first kappa shape index (κ1) is 25.3. The molecule has 1 saturated heterocycles. The molecule has 2 aromatic rings. The molecule has 4 N–H and O–H groups in total. The SMILES string of the molecule is CSc1nnc(C2=C(C(=O)O)N3C(=O)C(C=S)(NC(=O)C(=C(Cl)Cl)c4csc(N)n4)[C@@H]3SC2)s1. The standard InChI is InChI=1S/C17H12Cl2N6O4S5/c1-31-16-24-23-11(34-16)5-2-32-14-17(4-30,13(29)25(14)8(5)12(27)28)22-10(26)7(9(18)19)6-3-33-15(20)21-6/h3-4,14H,2H2,1H3,(H2,20,21)(H,22,26)(H,27,28)/t14-,17?/m0/s1. The molecular weight excluding hydrogens is 583 g/mol. The number of hydrogen-bond acceptors (Lipinski definition) is 12. The van der Waals surface area contributed by atoms with Gasteiger partial charge in [-0.1, -0.05) is 58.5 Å². The van der Waals surface area contributed by atoms with Crippen molar-refractivity contribution in [3.8, 4) is 0 Å². The number of carbonyl (C=O) groups is 3. The molecule has 0 spiro atoms. The van der Waals surface area contributed by atoms with Crippen LogP contribution in [0.3, 0.4) is 0 Å². The second-order valence-electron chi connectivity index (χ2n) is 6.70. The number of nitrogens with one attached hydrogen (secondary N) is 1. The highest BCUT2D eigenvalue weighted by Gasteiger charge is 2.65. The van der Waals surface area contributed by atoms with Gasteiger partial charge < -0.3 is 16.2 Å². The average Bonchev–Trinajstić information content (AvgIpc) is 3.45. The van der Waals surface area contributed by atoms with Gasteiger partial charge in [0.2, 0.25) is 0 Å². The summed E-state index contributed by atoms with van der Waals surface area (Å²) in [5.74, 6) is -2.61. The van der Waals surface area contributed by atoms with Crippen molar-refractivity contribution >= 4 is 121 Å². The van der Waals surface area contributed by atoms with E-state index >= 15 is 0 Å². The third-order valence-corrected chi connectivity index (χ3v) is 9.59. The minimum absolute atomic E-state index is 0.133. The number of aliphatic carboxylic acids is 1. The van der Waals surface area contributed by atoms with E-state index in [2.05, 4.69) is 20.5 Å². The van der Waals surface area contributed by atoms with Gasteiger partial charge in [0.15, 0.2) is 15.0 Å². The third kappa shape index (κ3) is 4.12. The molecule has 178 valence electrons. The summed E-state index contributed by atoms with van der Waals surface area (Å²) < 4.78 is 0.284. The van der Waals surface area contributed by atoms with Crippen molar-refractivity contribution in [2.45, 2.75) is 15.3 Å². The highest BCUT2D eigenvalue weighted by Crippen LogP contribution is 2.48. The maximum atomic E-state index is 13.3. The number of nitrogens with zero attached hydrogens (tertiary/aromatic N) is 4. The Kier molecular flexibility index (Phi) is 7.24. The van der Waals surface area contributed by atoms with Crippen molar-refractivity contribution in [3.05, 3.63) is 26.3 Å². The minimum Gasteiger partial charge on any atom is -0.477 e. The number of fused-ring (bicyclic) bond motifs is 1. The summed E-state index contributed by atoms with van der Waals surface area (Å²) >= 11 is 21.9. The van der Waals surface area contributed by atoms with Gasteiger partial charge in [-0.15, -0.1) is 33.3 Å². The molecule has 1 fully saturated rings. The fourth-order valence-electron chi connectivity index (χ4n) is 3.36. The number of carboxylic acid groups (broad SMARTS) is 1. The monoisotopic (exact) mass is 594 g/mol. The number of thiocarbonyl (C=S) groups is 1. The zero-order chi connectivity index (χ0) is 24.8. The number of β-lactam (4-membered cyclic amide) rings is 1. The lowest BCUT2D eigenvalue weighted by molar-refractivity contribution is -0.153. The van der Waals surface area contributed by atoms with E-state index in [1.807, 2.05) is 6.26 Å². The molecule has 34 heavy (non-hydrogen) atoms. The van der Waals surface area contributed by atoms with E-state index in [1.165, 1.54) is 40.2 Å². The smallest absolute Gasteiger partial charge is 0.353 e. The number of nitrogen functional groups attached to an aromatic ring is 1. The molecule has 10 nitrogen and oxygen atoms in total. The van der Waals surface area contributed by atoms with Crippen LogP contribution in [0.5, 0.6) is 0 Å². The first-order chi connectivity index (χ1) is 16.1. The van der Waals surface area contributed by atoms with Crippen LogP contribution < -0.4 is 11.1 Å². The summed E-state index contributed by atoms with van der Waals surface area (Å²) in [6.45, 7) is 0.